The summed E-state index contributed by atoms with van der Waals surface area (Å²) in [6.07, 6.45) is 0. The van der Waals surface area contributed by atoms with Gasteiger partial charge in [0.2, 0.25) is 0 Å². The van der Waals surface area contributed by atoms with Crippen LogP contribution < -0.4 is 11.1 Å². The molecule has 0 atom stereocenters. The van der Waals surface area contributed by atoms with Gasteiger partial charge >= 0.3 is 0 Å². The fourth-order valence-corrected chi connectivity index (χ4v) is 2.11. The lowest BCUT2D eigenvalue weighted by Gasteiger charge is -2.29. The minimum atomic E-state index is 0.471. The number of rotatable bonds is 6. The Morgan fingerprint density at radius 2 is 1.74 bits per heavy atom. The Hall–Kier alpha value is -1.55. The molecule has 4 nitrogen and oxygen atoms in total. The number of hydrogen-bond acceptors (Lipinski definition) is 2. The van der Waals surface area contributed by atoms with E-state index in [1.54, 1.807) is 0 Å². The molecule has 19 heavy (non-hydrogen) atoms. The average molecular weight is 262 g/mol. The molecule has 0 aliphatic rings. The second kappa shape index (κ2) is 7.79. The predicted octanol–water partition coefficient (Wildman–Crippen LogP) is 2.53. The zero-order valence-electron chi connectivity index (χ0n) is 12.4. The Morgan fingerprint density at radius 1 is 1.16 bits per heavy atom. The van der Waals surface area contributed by atoms with Gasteiger partial charge in [-0.2, -0.15) is 0 Å². The van der Waals surface area contributed by atoms with Gasteiger partial charge in [0.1, 0.15) is 0 Å². The van der Waals surface area contributed by atoms with Crippen LogP contribution >= 0.6 is 0 Å². The standard InChI is InChI=1S/C15H26N4/c1-12(2)19(13(3)4)11-10-17-15(16)18-14-8-6-5-7-9-14/h5-9,12-13H,10-11H2,1-4H3,(H3,16,17,18). The molecule has 106 valence electrons. The Kier molecular flexibility index (Phi) is 6.36. The highest BCUT2D eigenvalue weighted by Crippen LogP contribution is 2.05. The molecule has 0 unspecified atom stereocenters. The van der Waals surface area contributed by atoms with Gasteiger partial charge in [0, 0.05) is 24.3 Å². The van der Waals surface area contributed by atoms with Crippen molar-refractivity contribution in [1.82, 2.24) is 4.90 Å². The molecule has 0 radical (unpaired) electrons. The van der Waals surface area contributed by atoms with Gasteiger partial charge in [0.05, 0.1) is 6.54 Å². The van der Waals surface area contributed by atoms with Crippen LogP contribution in [0.25, 0.3) is 0 Å². The molecule has 0 aliphatic carbocycles. The molecular formula is C15H26N4. The quantitative estimate of drug-likeness (QED) is 0.612. The lowest BCUT2D eigenvalue weighted by molar-refractivity contribution is 0.181. The van der Waals surface area contributed by atoms with Crippen LogP contribution in [-0.2, 0) is 0 Å². The number of hydrogen-bond donors (Lipinski definition) is 2. The van der Waals surface area contributed by atoms with E-state index in [1.807, 2.05) is 30.3 Å². The summed E-state index contributed by atoms with van der Waals surface area (Å²) in [7, 11) is 0. The van der Waals surface area contributed by atoms with Crippen molar-refractivity contribution in [3.63, 3.8) is 0 Å². The van der Waals surface area contributed by atoms with Gasteiger partial charge in [-0.25, -0.2) is 0 Å². The van der Waals surface area contributed by atoms with Crippen molar-refractivity contribution in [2.75, 3.05) is 18.4 Å². The van der Waals surface area contributed by atoms with Crippen LogP contribution in [0.5, 0.6) is 0 Å². The Morgan fingerprint density at radius 3 is 2.26 bits per heavy atom. The van der Waals surface area contributed by atoms with Gasteiger partial charge in [-0.05, 0) is 39.8 Å². The first-order valence-corrected chi connectivity index (χ1v) is 6.88. The first-order valence-electron chi connectivity index (χ1n) is 6.88. The first kappa shape index (κ1) is 15.5. The summed E-state index contributed by atoms with van der Waals surface area (Å²) in [6, 6.07) is 10.9. The van der Waals surface area contributed by atoms with E-state index in [2.05, 4.69) is 42.9 Å². The van der Waals surface area contributed by atoms with Crippen LogP contribution in [0.4, 0.5) is 5.69 Å². The van der Waals surface area contributed by atoms with Crippen LogP contribution in [0.3, 0.4) is 0 Å². The first-order chi connectivity index (χ1) is 9.00. The summed E-state index contributed by atoms with van der Waals surface area (Å²) in [6.45, 7) is 10.4. The second-order valence-electron chi connectivity index (χ2n) is 5.18. The third-order valence-corrected chi connectivity index (χ3v) is 3.01. The molecule has 0 amide bonds. The van der Waals surface area contributed by atoms with E-state index in [4.69, 9.17) is 5.73 Å². The summed E-state index contributed by atoms with van der Waals surface area (Å²) in [5, 5.41) is 3.08. The number of guanidine groups is 1. The molecule has 3 N–H and O–H groups in total. The zero-order chi connectivity index (χ0) is 14.3. The van der Waals surface area contributed by atoms with Crippen LogP contribution in [0.15, 0.2) is 35.3 Å². The number of aliphatic imine (C=N–C) groups is 1. The lowest BCUT2D eigenvalue weighted by Crippen LogP contribution is -2.39. The summed E-state index contributed by atoms with van der Waals surface area (Å²) in [4.78, 5) is 6.77. The zero-order valence-corrected chi connectivity index (χ0v) is 12.4. The largest absolute Gasteiger partial charge is 0.370 e. The molecule has 0 aromatic heterocycles. The van der Waals surface area contributed by atoms with E-state index in [-0.39, 0.29) is 0 Å². The maximum Gasteiger partial charge on any atom is 0.193 e. The van der Waals surface area contributed by atoms with Crippen molar-refractivity contribution < 1.29 is 0 Å². The second-order valence-corrected chi connectivity index (χ2v) is 5.18. The van der Waals surface area contributed by atoms with Gasteiger partial charge in [-0.3, -0.25) is 9.89 Å². The van der Waals surface area contributed by atoms with E-state index in [9.17, 15) is 0 Å². The minimum Gasteiger partial charge on any atom is -0.370 e. The minimum absolute atomic E-state index is 0.471. The average Bonchev–Trinajstić information content (AvgIpc) is 2.34. The Labute approximate surface area is 116 Å². The molecule has 4 heteroatoms. The smallest absolute Gasteiger partial charge is 0.193 e. The normalized spacial score (nSPS) is 12.5. The van der Waals surface area contributed by atoms with E-state index < -0.39 is 0 Å². The van der Waals surface area contributed by atoms with Crippen molar-refractivity contribution in [3.8, 4) is 0 Å². The lowest BCUT2D eigenvalue weighted by atomic mass is 10.2. The van der Waals surface area contributed by atoms with Gasteiger partial charge in [-0.1, -0.05) is 18.2 Å². The maximum atomic E-state index is 5.86. The van der Waals surface area contributed by atoms with Gasteiger partial charge in [0.15, 0.2) is 5.96 Å². The van der Waals surface area contributed by atoms with Crippen molar-refractivity contribution >= 4 is 11.6 Å². The van der Waals surface area contributed by atoms with Gasteiger partial charge in [0.25, 0.3) is 0 Å². The number of anilines is 1. The van der Waals surface area contributed by atoms with Crippen molar-refractivity contribution in [2.24, 2.45) is 10.7 Å². The molecule has 0 saturated heterocycles. The molecule has 0 saturated carbocycles. The molecule has 1 aromatic carbocycles. The van der Waals surface area contributed by atoms with Crippen molar-refractivity contribution in [2.45, 2.75) is 39.8 Å². The van der Waals surface area contributed by atoms with Gasteiger partial charge in [-0.15, -0.1) is 0 Å². The number of benzene rings is 1. The summed E-state index contributed by atoms with van der Waals surface area (Å²) < 4.78 is 0. The van der Waals surface area contributed by atoms with Crippen LogP contribution in [0, 0.1) is 0 Å². The predicted molar refractivity (Wildman–Crippen MR) is 83.5 cm³/mol. The highest BCUT2D eigenvalue weighted by molar-refractivity contribution is 5.92. The summed E-state index contributed by atoms with van der Waals surface area (Å²) >= 11 is 0. The highest BCUT2D eigenvalue weighted by Gasteiger charge is 2.11. The monoisotopic (exact) mass is 262 g/mol. The molecule has 1 rings (SSSR count). The van der Waals surface area contributed by atoms with Crippen molar-refractivity contribution in [1.29, 1.82) is 0 Å². The number of nitrogens with one attached hydrogen (secondary N) is 1. The fourth-order valence-electron chi connectivity index (χ4n) is 2.11. The topological polar surface area (TPSA) is 53.6 Å². The van der Waals surface area contributed by atoms with Crippen LogP contribution in [0.2, 0.25) is 0 Å². The van der Waals surface area contributed by atoms with Crippen LogP contribution in [-0.4, -0.2) is 36.0 Å². The molecule has 0 fully saturated rings. The maximum absolute atomic E-state index is 5.86. The summed E-state index contributed by atoms with van der Waals surface area (Å²) in [5.74, 6) is 0.471. The third kappa shape index (κ3) is 5.75. The molecule has 0 bridgehead atoms. The fraction of sp³-hybridized carbons (Fsp3) is 0.533. The van der Waals surface area contributed by atoms with Crippen LogP contribution in [0.1, 0.15) is 27.7 Å². The number of nitrogens with two attached hydrogens (primary N) is 1. The van der Waals surface area contributed by atoms with E-state index in [0.717, 1.165) is 12.2 Å². The Balaban J connectivity index is 2.43. The van der Waals surface area contributed by atoms with E-state index in [0.29, 0.717) is 24.6 Å². The molecular weight excluding hydrogens is 236 g/mol. The van der Waals surface area contributed by atoms with Crippen molar-refractivity contribution in [3.05, 3.63) is 30.3 Å². The highest BCUT2D eigenvalue weighted by atomic mass is 15.2. The molecule has 0 aliphatic heterocycles. The molecule has 0 heterocycles. The number of nitrogens with zero attached hydrogens (tertiary/aromatic N) is 2. The van der Waals surface area contributed by atoms with E-state index in [1.165, 1.54) is 0 Å². The van der Waals surface area contributed by atoms with E-state index >= 15 is 0 Å². The molecule has 1 aromatic rings. The Bertz CT molecular complexity index is 376. The third-order valence-electron chi connectivity index (χ3n) is 3.01. The number of para-hydroxylation sites is 1. The SMILES string of the molecule is CC(C)N(CCN=C(N)Nc1ccccc1)C(C)C. The van der Waals surface area contributed by atoms with Gasteiger partial charge < -0.3 is 11.1 Å². The molecule has 0 spiro atoms. The summed E-state index contributed by atoms with van der Waals surface area (Å²) in [5.41, 5.74) is 6.83.